The highest BCUT2D eigenvalue weighted by Crippen LogP contribution is 2.26. The van der Waals surface area contributed by atoms with Crippen LogP contribution in [0.15, 0.2) is 0 Å². The van der Waals surface area contributed by atoms with Crippen molar-refractivity contribution in [3.05, 3.63) is 0 Å². The molecule has 2 rings (SSSR count). The van der Waals surface area contributed by atoms with E-state index in [-0.39, 0.29) is 5.92 Å². The lowest BCUT2D eigenvalue weighted by atomic mass is 9.88. The van der Waals surface area contributed by atoms with Gasteiger partial charge < -0.3 is 0 Å². The van der Waals surface area contributed by atoms with Crippen LogP contribution < -0.4 is 0 Å². The maximum Gasteiger partial charge on any atom is 0.138 e. The Morgan fingerprint density at radius 1 is 1.25 bits per heavy atom. The zero-order valence-electron chi connectivity index (χ0n) is 10.1. The summed E-state index contributed by atoms with van der Waals surface area (Å²) in [6.45, 7) is 5.11. The third kappa shape index (κ3) is 2.38. The predicted molar refractivity (Wildman–Crippen MR) is 65.9 cm³/mol. The molecule has 2 aliphatic heterocycles. The van der Waals surface area contributed by atoms with Crippen LogP contribution in [-0.2, 0) is 15.6 Å². The predicted octanol–water partition coefficient (Wildman–Crippen LogP) is 1.20. The Morgan fingerprint density at radius 2 is 1.88 bits per heavy atom. The summed E-state index contributed by atoms with van der Waals surface area (Å²) in [5, 5.41) is 0. The van der Waals surface area contributed by atoms with Gasteiger partial charge in [0.15, 0.2) is 0 Å². The lowest BCUT2D eigenvalue weighted by Gasteiger charge is -2.43. The number of carbonyl (C=O) groups is 1. The Bertz CT molecular complexity index is 295. The van der Waals surface area contributed by atoms with Gasteiger partial charge in [-0.1, -0.05) is 6.92 Å². The van der Waals surface area contributed by atoms with Gasteiger partial charge in [-0.15, -0.1) is 0 Å². The smallest absolute Gasteiger partial charge is 0.138 e. The van der Waals surface area contributed by atoms with E-state index < -0.39 is 10.8 Å². The summed E-state index contributed by atoms with van der Waals surface area (Å²) in [5.74, 6) is 2.26. The number of hydrogen-bond donors (Lipinski definition) is 0. The molecule has 0 aromatic carbocycles. The molecule has 2 saturated heterocycles. The fourth-order valence-corrected chi connectivity index (χ4v) is 4.13. The molecule has 0 saturated carbocycles. The normalized spacial score (nSPS) is 42.2. The summed E-state index contributed by atoms with van der Waals surface area (Å²) in [4.78, 5) is 14.1. The summed E-state index contributed by atoms with van der Waals surface area (Å²) in [6, 6.07) is 0.918. The van der Waals surface area contributed by atoms with Crippen LogP contribution in [0.5, 0.6) is 0 Å². The summed E-state index contributed by atoms with van der Waals surface area (Å²) in [7, 11) is -0.586. The second kappa shape index (κ2) is 4.96. The molecular weight excluding hydrogens is 222 g/mol. The minimum absolute atomic E-state index is 0.168. The maximum atomic E-state index is 11.6. The molecule has 16 heavy (non-hydrogen) atoms. The summed E-state index contributed by atoms with van der Waals surface area (Å²) in [5.41, 5.74) is 0. The molecule has 4 heteroatoms. The Morgan fingerprint density at radius 3 is 2.50 bits per heavy atom. The second-order valence-electron chi connectivity index (χ2n) is 5.06. The van der Waals surface area contributed by atoms with E-state index in [2.05, 4.69) is 11.8 Å². The van der Waals surface area contributed by atoms with Crippen LogP contribution in [0.3, 0.4) is 0 Å². The molecule has 2 aliphatic rings. The minimum atomic E-state index is -0.586. The lowest BCUT2D eigenvalue weighted by molar-refractivity contribution is -0.128. The molecule has 2 heterocycles. The molecule has 0 aromatic rings. The number of piperidine rings is 1. The number of ketones is 1. The molecule has 2 fully saturated rings. The van der Waals surface area contributed by atoms with Crippen LogP contribution in [0.1, 0.15) is 33.1 Å². The highest BCUT2D eigenvalue weighted by atomic mass is 32.2. The lowest BCUT2D eigenvalue weighted by Crippen LogP contribution is -2.53. The number of likely N-dealkylation sites (tertiary alicyclic amines) is 1. The van der Waals surface area contributed by atoms with Crippen molar-refractivity contribution in [3.8, 4) is 0 Å². The molecule has 0 N–H and O–H groups in total. The molecule has 2 atom stereocenters. The van der Waals surface area contributed by atoms with Crippen molar-refractivity contribution in [2.24, 2.45) is 5.92 Å². The van der Waals surface area contributed by atoms with E-state index in [1.807, 2.05) is 6.92 Å². The average molecular weight is 243 g/mol. The van der Waals surface area contributed by atoms with Crippen LogP contribution in [0.2, 0.25) is 0 Å². The molecular formula is C12H21NO2S. The number of carbonyl (C=O) groups excluding carboxylic acids is 1. The molecule has 0 amide bonds. The highest BCUT2D eigenvalue weighted by molar-refractivity contribution is 7.85. The van der Waals surface area contributed by atoms with Gasteiger partial charge in [0, 0.05) is 53.3 Å². The first-order valence-electron chi connectivity index (χ1n) is 6.23. The minimum Gasteiger partial charge on any atom is -0.299 e. The van der Waals surface area contributed by atoms with E-state index in [0.717, 1.165) is 30.9 Å². The van der Waals surface area contributed by atoms with Crippen molar-refractivity contribution in [1.82, 2.24) is 4.90 Å². The quantitative estimate of drug-likeness (QED) is 0.694. The first-order chi connectivity index (χ1) is 7.59. The maximum absolute atomic E-state index is 11.6. The first-order valence-corrected chi connectivity index (χ1v) is 7.72. The molecule has 0 aromatic heterocycles. The van der Waals surface area contributed by atoms with Gasteiger partial charge in [-0.25, -0.2) is 0 Å². The van der Waals surface area contributed by atoms with E-state index in [4.69, 9.17) is 0 Å². The fourth-order valence-electron chi connectivity index (χ4n) is 2.85. The van der Waals surface area contributed by atoms with Gasteiger partial charge in [0.25, 0.3) is 0 Å². The molecule has 0 aliphatic carbocycles. The van der Waals surface area contributed by atoms with E-state index in [1.165, 1.54) is 0 Å². The van der Waals surface area contributed by atoms with Gasteiger partial charge in [0.1, 0.15) is 5.78 Å². The monoisotopic (exact) mass is 243 g/mol. The van der Waals surface area contributed by atoms with E-state index in [1.54, 1.807) is 0 Å². The van der Waals surface area contributed by atoms with Crippen molar-refractivity contribution in [1.29, 1.82) is 0 Å². The third-order valence-corrected chi connectivity index (χ3v) is 5.58. The van der Waals surface area contributed by atoms with Crippen molar-refractivity contribution in [2.45, 2.75) is 45.2 Å². The highest BCUT2D eigenvalue weighted by Gasteiger charge is 2.35. The number of rotatable bonds is 1. The van der Waals surface area contributed by atoms with Crippen molar-refractivity contribution < 1.29 is 9.00 Å². The number of nitrogens with zero attached hydrogens (tertiary/aromatic N) is 1. The van der Waals surface area contributed by atoms with Gasteiger partial charge in [-0.3, -0.25) is 13.9 Å². The second-order valence-corrected chi connectivity index (χ2v) is 6.76. The van der Waals surface area contributed by atoms with Crippen LogP contribution in [0, 0.1) is 5.92 Å². The van der Waals surface area contributed by atoms with Gasteiger partial charge in [0.2, 0.25) is 0 Å². The Kier molecular flexibility index (Phi) is 3.80. The molecule has 0 radical (unpaired) electrons. The van der Waals surface area contributed by atoms with Crippen LogP contribution in [0.25, 0.3) is 0 Å². The van der Waals surface area contributed by atoms with E-state index in [9.17, 15) is 9.00 Å². The topological polar surface area (TPSA) is 37.4 Å². The molecule has 0 bridgehead atoms. The van der Waals surface area contributed by atoms with Crippen molar-refractivity contribution in [2.75, 3.05) is 18.1 Å². The Labute approximate surface area is 100 Å². The summed E-state index contributed by atoms with van der Waals surface area (Å²) in [6.07, 6.45) is 2.78. The van der Waals surface area contributed by atoms with Gasteiger partial charge >= 0.3 is 0 Å². The van der Waals surface area contributed by atoms with Crippen molar-refractivity contribution in [3.63, 3.8) is 0 Å². The zero-order chi connectivity index (χ0) is 11.7. The summed E-state index contributed by atoms with van der Waals surface area (Å²) >= 11 is 0. The Hall–Kier alpha value is -0.220. The SMILES string of the molecule is CC1C(=O)CCN(C2CCS(=O)CC2)C1C. The van der Waals surface area contributed by atoms with Crippen molar-refractivity contribution >= 4 is 16.6 Å². The standard InChI is InChI=1S/C12H21NO2S/c1-9-10(2)13(6-3-12(9)14)11-4-7-16(15)8-5-11/h9-11H,3-8H2,1-2H3. The molecule has 3 nitrogen and oxygen atoms in total. The number of Topliss-reactive ketones (excluding diaryl/α,β-unsaturated/α-hetero) is 1. The van der Waals surface area contributed by atoms with Crippen LogP contribution >= 0.6 is 0 Å². The molecule has 92 valence electrons. The van der Waals surface area contributed by atoms with Gasteiger partial charge in [-0.05, 0) is 19.8 Å². The summed E-state index contributed by atoms with van der Waals surface area (Å²) < 4.78 is 11.3. The molecule has 2 unspecified atom stereocenters. The fraction of sp³-hybridized carbons (Fsp3) is 0.917. The van der Waals surface area contributed by atoms with Crippen LogP contribution in [-0.4, -0.2) is 45.0 Å². The van der Waals surface area contributed by atoms with Crippen LogP contribution in [0.4, 0.5) is 0 Å². The average Bonchev–Trinajstić information content (AvgIpc) is 2.28. The van der Waals surface area contributed by atoms with Gasteiger partial charge in [0.05, 0.1) is 0 Å². The number of hydrogen-bond acceptors (Lipinski definition) is 3. The zero-order valence-corrected chi connectivity index (χ0v) is 11.0. The van der Waals surface area contributed by atoms with E-state index in [0.29, 0.717) is 24.3 Å². The Balaban J connectivity index is 1.99. The molecule has 0 spiro atoms. The third-order valence-electron chi connectivity index (χ3n) is 4.20. The largest absolute Gasteiger partial charge is 0.299 e. The first kappa shape index (κ1) is 12.2. The van der Waals surface area contributed by atoms with Gasteiger partial charge in [-0.2, -0.15) is 0 Å². The van der Waals surface area contributed by atoms with E-state index >= 15 is 0 Å².